The number of methoxy groups -OCH3 is 1. The van der Waals surface area contributed by atoms with E-state index in [2.05, 4.69) is 12.1 Å². The fourth-order valence-electron chi connectivity index (χ4n) is 4.07. The van der Waals surface area contributed by atoms with Gasteiger partial charge in [0.05, 0.1) is 24.4 Å². The molecule has 150 valence electrons. The highest BCUT2D eigenvalue weighted by Crippen LogP contribution is 2.47. The normalized spacial score (nSPS) is 16.3. The number of carbonyl (C=O) groups excluding carboxylic acids is 1. The fraction of sp³-hybridized carbons (Fsp3) is 0.348. The molecule has 6 heteroatoms. The number of furan rings is 1. The van der Waals surface area contributed by atoms with Crippen molar-refractivity contribution in [2.75, 3.05) is 18.6 Å². The van der Waals surface area contributed by atoms with Crippen LogP contribution in [-0.2, 0) is 24.1 Å². The summed E-state index contributed by atoms with van der Waals surface area (Å²) in [5, 5.41) is 1.01. The van der Waals surface area contributed by atoms with Crippen LogP contribution in [0.15, 0.2) is 41.0 Å². The average molecular weight is 427 g/mol. The van der Waals surface area contributed by atoms with E-state index in [9.17, 15) is 4.79 Å². The Morgan fingerprint density at radius 2 is 1.90 bits per heavy atom. The van der Waals surface area contributed by atoms with Crippen LogP contribution in [0, 0.1) is 0 Å². The van der Waals surface area contributed by atoms with Gasteiger partial charge in [0.25, 0.3) is 0 Å². The zero-order valence-electron chi connectivity index (χ0n) is 16.2. The van der Waals surface area contributed by atoms with E-state index in [1.165, 1.54) is 23.1 Å². The van der Waals surface area contributed by atoms with Gasteiger partial charge in [-0.05, 0) is 60.2 Å². The van der Waals surface area contributed by atoms with Gasteiger partial charge in [-0.15, -0.1) is 23.5 Å². The predicted octanol–water partition coefficient (Wildman–Crippen LogP) is 5.56. The van der Waals surface area contributed by atoms with Gasteiger partial charge in [0.1, 0.15) is 5.58 Å². The molecule has 0 radical (unpaired) electrons. The van der Waals surface area contributed by atoms with E-state index in [1.807, 2.05) is 41.7 Å². The Balaban J connectivity index is 1.33. The fourth-order valence-corrected chi connectivity index (χ4v) is 6.90. The van der Waals surface area contributed by atoms with Gasteiger partial charge in [0, 0.05) is 22.5 Å². The van der Waals surface area contributed by atoms with Crippen molar-refractivity contribution in [3.8, 4) is 11.5 Å². The molecule has 3 aromatic rings. The first kappa shape index (κ1) is 18.9. The molecule has 1 saturated heterocycles. The molecular weight excluding hydrogens is 404 g/mol. The van der Waals surface area contributed by atoms with Crippen LogP contribution in [0.3, 0.4) is 0 Å². The van der Waals surface area contributed by atoms with Crippen molar-refractivity contribution in [2.24, 2.45) is 0 Å². The van der Waals surface area contributed by atoms with E-state index in [1.54, 1.807) is 13.4 Å². The van der Waals surface area contributed by atoms with E-state index >= 15 is 0 Å². The second kappa shape index (κ2) is 8.00. The average Bonchev–Trinajstić information content (AvgIpc) is 3.48. The lowest BCUT2D eigenvalue weighted by atomic mass is 10.0. The molecule has 0 amide bonds. The molecule has 1 aliphatic heterocycles. The third kappa shape index (κ3) is 3.76. The maximum atomic E-state index is 12.6. The summed E-state index contributed by atoms with van der Waals surface area (Å²) in [6.07, 6.45) is 5.24. The van der Waals surface area contributed by atoms with E-state index in [0.29, 0.717) is 16.1 Å². The molecule has 1 aliphatic carbocycles. The van der Waals surface area contributed by atoms with Crippen LogP contribution >= 0.6 is 23.5 Å². The van der Waals surface area contributed by atoms with Gasteiger partial charge in [0.15, 0.2) is 11.5 Å². The number of ether oxygens (including phenoxy) is 2. The van der Waals surface area contributed by atoms with Crippen molar-refractivity contribution in [3.63, 3.8) is 0 Å². The molecule has 0 bridgehead atoms. The molecule has 0 atom stereocenters. The van der Waals surface area contributed by atoms with Gasteiger partial charge >= 0.3 is 5.97 Å². The summed E-state index contributed by atoms with van der Waals surface area (Å²) in [6.45, 7) is 0. The van der Waals surface area contributed by atoms with Crippen LogP contribution in [0.4, 0.5) is 0 Å². The second-order valence-electron chi connectivity index (χ2n) is 7.37. The standard InChI is InChI=1S/C23H22O4S2/c1-25-21-11-16(23-28-7-8-29-23)5-6-19(21)27-22(24)12-17-13-26-20-10-15-4-2-3-14(15)9-18(17)20/h5-6,9-11,13,23H,2-4,7-8,12H2,1H3. The minimum absolute atomic E-state index is 0.172. The first-order valence-corrected chi connectivity index (χ1v) is 11.9. The summed E-state index contributed by atoms with van der Waals surface area (Å²) in [5.41, 5.74) is 5.65. The van der Waals surface area contributed by atoms with Crippen molar-refractivity contribution >= 4 is 40.5 Å². The van der Waals surface area contributed by atoms with Crippen LogP contribution in [-0.4, -0.2) is 24.6 Å². The van der Waals surface area contributed by atoms with Crippen LogP contribution in [0.25, 0.3) is 11.0 Å². The molecule has 2 heterocycles. The van der Waals surface area contributed by atoms with E-state index < -0.39 is 0 Å². The molecule has 29 heavy (non-hydrogen) atoms. The summed E-state index contributed by atoms with van der Waals surface area (Å²) in [7, 11) is 1.61. The number of thioether (sulfide) groups is 2. The second-order valence-corrected chi connectivity index (χ2v) is 10.1. The van der Waals surface area contributed by atoms with Gasteiger partial charge in [-0.25, -0.2) is 0 Å². The summed E-state index contributed by atoms with van der Waals surface area (Å²) in [5.74, 6) is 3.07. The summed E-state index contributed by atoms with van der Waals surface area (Å²) in [4.78, 5) is 12.6. The van der Waals surface area contributed by atoms with Crippen LogP contribution < -0.4 is 9.47 Å². The molecule has 4 nitrogen and oxygen atoms in total. The lowest BCUT2D eigenvalue weighted by molar-refractivity contribution is -0.133. The van der Waals surface area contributed by atoms with Crippen molar-refractivity contribution in [2.45, 2.75) is 30.3 Å². The third-order valence-corrected chi connectivity index (χ3v) is 8.61. The molecule has 0 spiro atoms. The number of benzene rings is 2. The highest BCUT2D eigenvalue weighted by atomic mass is 32.2. The zero-order valence-corrected chi connectivity index (χ0v) is 17.9. The number of rotatable bonds is 5. The van der Waals surface area contributed by atoms with Crippen LogP contribution in [0.2, 0.25) is 0 Å². The van der Waals surface area contributed by atoms with Gasteiger partial charge in [-0.2, -0.15) is 0 Å². The summed E-state index contributed by atoms with van der Waals surface area (Å²) in [6, 6.07) is 10.1. The summed E-state index contributed by atoms with van der Waals surface area (Å²) >= 11 is 3.87. The zero-order chi connectivity index (χ0) is 19.8. The van der Waals surface area contributed by atoms with E-state index in [4.69, 9.17) is 13.9 Å². The Bertz CT molecular complexity index is 1070. The number of aryl methyl sites for hydroxylation is 2. The SMILES string of the molecule is COc1cc(C2SCCS2)ccc1OC(=O)Cc1coc2cc3c(cc12)CCC3. The first-order valence-electron chi connectivity index (χ1n) is 9.85. The van der Waals surface area contributed by atoms with E-state index in [0.717, 1.165) is 40.9 Å². The third-order valence-electron chi connectivity index (χ3n) is 5.51. The lowest BCUT2D eigenvalue weighted by Crippen LogP contribution is -2.11. The Morgan fingerprint density at radius 1 is 1.10 bits per heavy atom. The smallest absolute Gasteiger partial charge is 0.315 e. The molecule has 1 aromatic heterocycles. The molecule has 2 aromatic carbocycles. The molecule has 0 saturated carbocycles. The number of carbonyl (C=O) groups is 1. The maximum Gasteiger partial charge on any atom is 0.315 e. The number of hydrogen-bond donors (Lipinski definition) is 0. The number of fused-ring (bicyclic) bond motifs is 2. The van der Waals surface area contributed by atoms with Crippen LogP contribution in [0.5, 0.6) is 11.5 Å². The molecule has 0 unspecified atom stereocenters. The van der Waals surface area contributed by atoms with Crippen molar-refractivity contribution < 1.29 is 18.7 Å². The summed E-state index contributed by atoms with van der Waals surface area (Å²) < 4.78 is 17.3. The number of esters is 1. The lowest BCUT2D eigenvalue weighted by Gasteiger charge is -2.13. The Hall–Kier alpha value is -2.05. The van der Waals surface area contributed by atoms with Gasteiger partial charge in [-0.3, -0.25) is 4.79 Å². The largest absolute Gasteiger partial charge is 0.493 e. The first-order chi connectivity index (χ1) is 14.2. The van der Waals surface area contributed by atoms with Gasteiger partial charge < -0.3 is 13.9 Å². The molecular formula is C23H22O4S2. The monoisotopic (exact) mass is 426 g/mol. The predicted molar refractivity (Wildman–Crippen MR) is 118 cm³/mol. The minimum Gasteiger partial charge on any atom is -0.493 e. The van der Waals surface area contributed by atoms with Gasteiger partial charge in [-0.1, -0.05) is 6.07 Å². The highest BCUT2D eigenvalue weighted by Gasteiger charge is 2.21. The molecule has 0 N–H and O–H groups in total. The minimum atomic E-state index is -0.316. The quantitative estimate of drug-likeness (QED) is 0.393. The Labute approximate surface area is 178 Å². The highest BCUT2D eigenvalue weighted by molar-refractivity contribution is 8.19. The maximum absolute atomic E-state index is 12.6. The topological polar surface area (TPSA) is 48.7 Å². The Morgan fingerprint density at radius 3 is 2.69 bits per heavy atom. The van der Waals surface area contributed by atoms with E-state index in [-0.39, 0.29) is 12.4 Å². The molecule has 2 aliphatic rings. The number of hydrogen-bond acceptors (Lipinski definition) is 6. The van der Waals surface area contributed by atoms with Crippen molar-refractivity contribution in [3.05, 3.63) is 58.8 Å². The Kier molecular flexibility index (Phi) is 5.22. The van der Waals surface area contributed by atoms with Crippen LogP contribution in [0.1, 0.15) is 33.3 Å². The van der Waals surface area contributed by atoms with Crippen molar-refractivity contribution in [1.29, 1.82) is 0 Å². The molecule has 1 fully saturated rings. The molecule has 5 rings (SSSR count). The van der Waals surface area contributed by atoms with Gasteiger partial charge in [0.2, 0.25) is 0 Å². The van der Waals surface area contributed by atoms with Crippen molar-refractivity contribution in [1.82, 2.24) is 0 Å².